The molecule has 0 saturated heterocycles. The topological polar surface area (TPSA) is 133 Å². The third-order valence-corrected chi connectivity index (χ3v) is 9.55. The first kappa shape index (κ1) is 38.2. The number of carbonyl (C=O) groups excluding carboxylic acids is 2. The van der Waals surface area contributed by atoms with Crippen molar-refractivity contribution in [2.75, 3.05) is 52.9 Å². The molecule has 0 radical (unpaired) electrons. The SMILES string of the molecule is COc1ccc([C@@H](NC(=O)[C@H](CCSC)Nc2ccc3c(cc2=O)[C@@H](NC(C)=O)CCc2cc(OC)c(OC)c(OC)c2-3)C(C)C)cc1OC. The Kier molecular flexibility index (Phi) is 13.3. The number of amides is 2. The summed E-state index contributed by atoms with van der Waals surface area (Å²) in [5.74, 6) is 2.87. The van der Waals surface area contributed by atoms with Crippen LogP contribution in [0.25, 0.3) is 11.1 Å². The zero-order valence-electron chi connectivity index (χ0n) is 30.4. The Bertz CT molecular complexity index is 1750. The fraction of sp³-hybridized carbons (Fsp3) is 0.447. The fourth-order valence-electron chi connectivity index (χ4n) is 6.45. The molecular formula is C38H49N3O8S. The van der Waals surface area contributed by atoms with Crippen molar-refractivity contribution >= 4 is 29.3 Å². The van der Waals surface area contributed by atoms with Crippen LogP contribution >= 0.6 is 11.8 Å². The average Bonchev–Trinajstić information content (AvgIpc) is 3.35. The molecule has 0 heterocycles. The number of methoxy groups -OCH3 is 5. The number of aryl methyl sites for hydroxylation is 1. The van der Waals surface area contributed by atoms with Gasteiger partial charge in [-0.3, -0.25) is 14.4 Å². The summed E-state index contributed by atoms with van der Waals surface area (Å²) in [6.07, 6.45) is 3.58. The van der Waals surface area contributed by atoms with E-state index < -0.39 is 12.1 Å². The van der Waals surface area contributed by atoms with Gasteiger partial charge in [0.05, 0.1) is 53.3 Å². The van der Waals surface area contributed by atoms with Crippen molar-refractivity contribution in [1.29, 1.82) is 0 Å². The molecule has 3 N–H and O–H groups in total. The van der Waals surface area contributed by atoms with E-state index in [9.17, 15) is 14.4 Å². The maximum atomic E-state index is 14.0. The molecule has 11 nitrogen and oxygen atoms in total. The molecule has 0 bridgehead atoms. The van der Waals surface area contributed by atoms with Crippen molar-refractivity contribution in [1.82, 2.24) is 10.6 Å². The molecule has 3 aromatic carbocycles. The van der Waals surface area contributed by atoms with Gasteiger partial charge in [0.25, 0.3) is 0 Å². The summed E-state index contributed by atoms with van der Waals surface area (Å²) in [7, 11) is 7.83. The first-order valence-corrected chi connectivity index (χ1v) is 18.0. The highest BCUT2D eigenvalue weighted by atomic mass is 32.2. The van der Waals surface area contributed by atoms with E-state index in [1.165, 1.54) is 6.92 Å². The van der Waals surface area contributed by atoms with Crippen molar-refractivity contribution in [2.45, 2.75) is 58.2 Å². The largest absolute Gasteiger partial charge is 0.493 e. The second kappa shape index (κ2) is 17.4. The van der Waals surface area contributed by atoms with Gasteiger partial charge in [0.2, 0.25) is 23.0 Å². The Morgan fingerprint density at radius 2 is 1.58 bits per heavy atom. The molecule has 0 aliphatic heterocycles. The molecule has 3 atom stereocenters. The van der Waals surface area contributed by atoms with Crippen LogP contribution in [0.2, 0.25) is 0 Å². The van der Waals surface area contributed by atoms with Crippen LogP contribution in [0.1, 0.15) is 62.4 Å². The Labute approximate surface area is 298 Å². The number of nitrogens with one attached hydrogen (secondary N) is 3. The molecule has 12 heteroatoms. The van der Waals surface area contributed by atoms with E-state index in [-0.39, 0.29) is 34.9 Å². The third kappa shape index (κ3) is 8.40. The van der Waals surface area contributed by atoms with E-state index in [0.717, 1.165) is 16.7 Å². The van der Waals surface area contributed by atoms with Crippen LogP contribution in [0.4, 0.5) is 5.69 Å². The molecular weight excluding hydrogens is 658 g/mol. The first-order chi connectivity index (χ1) is 24.0. The van der Waals surface area contributed by atoms with Crippen molar-refractivity contribution in [3.8, 4) is 39.9 Å². The second-order valence-electron chi connectivity index (χ2n) is 12.4. The van der Waals surface area contributed by atoms with Crippen molar-refractivity contribution in [3.05, 3.63) is 69.4 Å². The summed E-state index contributed by atoms with van der Waals surface area (Å²) in [4.78, 5) is 40.4. The second-order valence-corrected chi connectivity index (χ2v) is 13.4. The monoisotopic (exact) mass is 707 g/mol. The average molecular weight is 708 g/mol. The summed E-state index contributed by atoms with van der Waals surface area (Å²) < 4.78 is 28.2. The van der Waals surface area contributed by atoms with Gasteiger partial charge in [-0.05, 0) is 89.8 Å². The van der Waals surface area contributed by atoms with Crippen molar-refractivity contribution in [2.24, 2.45) is 5.92 Å². The van der Waals surface area contributed by atoms with Gasteiger partial charge in [0.15, 0.2) is 23.0 Å². The van der Waals surface area contributed by atoms with E-state index in [1.54, 1.807) is 59.4 Å². The molecule has 0 unspecified atom stereocenters. The van der Waals surface area contributed by atoms with E-state index in [2.05, 4.69) is 16.0 Å². The number of fused-ring (bicyclic) bond motifs is 3. The van der Waals surface area contributed by atoms with Crippen LogP contribution in [0.5, 0.6) is 28.7 Å². The normalized spacial score (nSPS) is 14.6. The lowest BCUT2D eigenvalue weighted by atomic mass is 9.95. The molecule has 0 aromatic heterocycles. The Hall–Kier alpha value is -4.58. The highest BCUT2D eigenvalue weighted by Gasteiger charge is 2.30. The maximum absolute atomic E-state index is 14.0. The molecule has 2 amide bonds. The summed E-state index contributed by atoms with van der Waals surface area (Å²) in [6.45, 7) is 5.53. The number of anilines is 1. The maximum Gasteiger partial charge on any atom is 0.243 e. The predicted molar refractivity (Wildman–Crippen MR) is 198 cm³/mol. The highest BCUT2D eigenvalue weighted by molar-refractivity contribution is 7.98. The standard InChI is InChI=1S/C38H49N3O8S/c1-21(2)35(24-11-15-31(45-4)32(19-24)46-5)41-38(44)29(16-17-50-9)40-28-14-12-25-26(20-30(28)43)27(39-22(3)42)13-10-23-18-33(47-6)36(48-7)37(49-8)34(23)25/h11-12,14-15,18-21,27,29,35H,10,13,16-17H2,1-9H3,(H,39,42)(H,40,43)(H,41,44)/t27-,29-,35-/m0/s1. The van der Waals surface area contributed by atoms with Gasteiger partial charge in [-0.25, -0.2) is 0 Å². The summed E-state index contributed by atoms with van der Waals surface area (Å²) >= 11 is 1.62. The Balaban J connectivity index is 1.80. The smallest absolute Gasteiger partial charge is 0.243 e. The first-order valence-electron chi connectivity index (χ1n) is 16.6. The number of rotatable bonds is 15. The van der Waals surface area contributed by atoms with Crippen molar-refractivity contribution < 1.29 is 33.3 Å². The molecule has 270 valence electrons. The van der Waals surface area contributed by atoms with Crippen LogP contribution in [0.3, 0.4) is 0 Å². The van der Waals surface area contributed by atoms with Gasteiger partial charge >= 0.3 is 0 Å². The number of ether oxygens (including phenoxy) is 5. The minimum Gasteiger partial charge on any atom is -0.493 e. The lowest BCUT2D eigenvalue weighted by Crippen LogP contribution is -2.43. The van der Waals surface area contributed by atoms with Crippen LogP contribution in [-0.2, 0) is 16.0 Å². The summed E-state index contributed by atoms with van der Waals surface area (Å²) in [6, 6.07) is 11.1. The van der Waals surface area contributed by atoms with E-state index >= 15 is 0 Å². The van der Waals surface area contributed by atoms with Gasteiger partial charge in [0, 0.05) is 12.5 Å². The quantitative estimate of drug-likeness (QED) is 0.175. The lowest BCUT2D eigenvalue weighted by molar-refractivity contribution is -0.123. The molecule has 4 rings (SSSR count). The van der Waals surface area contributed by atoms with Gasteiger partial charge < -0.3 is 39.6 Å². The number of hydrogen-bond donors (Lipinski definition) is 3. The lowest BCUT2D eigenvalue weighted by Gasteiger charge is -2.27. The number of carbonyl (C=O) groups is 2. The Morgan fingerprint density at radius 1 is 0.880 bits per heavy atom. The van der Waals surface area contributed by atoms with Crippen molar-refractivity contribution in [3.63, 3.8) is 0 Å². The zero-order valence-corrected chi connectivity index (χ0v) is 31.2. The Morgan fingerprint density at radius 3 is 2.18 bits per heavy atom. The third-order valence-electron chi connectivity index (χ3n) is 8.90. The minimum atomic E-state index is -0.712. The van der Waals surface area contributed by atoms with Crippen LogP contribution < -0.4 is 45.1 Å². The molecule has 3 aromatic rings. The number of thioether (sulfide) groups is 1. The van der Waals surface area contributed by atoms with Gasteiger partial charge in [-0.2, -0.15) is 11.8 Å². The fourth-order valence-corrected chi connectivity index (χ4v) is 6.93. The van der Waals surface area contributed by atoms with Gasteiger partial charge in [-0.1, -0.05) is 26.0 Å². The highest BCUT2D eigenvalue weighted by Crippen LogP contribution is 2.50. The molecule has 1 aliphatic rings. The van der Waals surface area contributed by atoms with E-state index in [1.807, 2.05) is 50.4 Å². The van der Waals surface area contributed by atoms with Crippen LogP contribution in [-0.4, -0.2) is 65.4 Å². The molecule has 1 aliphatic carbocycles. The molecule has 0 spiro atoms. The van der Waals surface area contributed by atoms with Crippen LogP contribution in [0.15, 0.2) is 47.3 Å². The van der Waals surface area contributed by atoms with E-state index in [0.29, 0.717) is 64.9 Å². The van der Waals surface area contributed by atoms with Gasteiger partial charge in [-0.15, -0.1) is 0 Å². The zero-order chi connectivity index (χ0) is 36.5. The molecule has 0 fully saturated rings. The van der Waals surface area contributed by atoms with E-state index in [4.69, 9.17) is 23.7 Å². The van der Waals surface area contributed by atoms with Crippen LogP contribution in [0, 0.1) is 5.92 Å². The minimum absolute atomic E-state index is 0.0508. The predicted octanol–water partition coefficient (Wildman–Crippen LogP) is 5.93. The number of benzene rings is 2. The van der Waals surface area contributed by atoms with Gasteiger partial charge in [0.1, 0.15) is 6.04 Å². The summed E-state index contributed by atoms with van der Waals surface area (Å²) in [5.41, 5.74) is 3.84. The molecule has 50 heavy (non-hydrogen) atoms. The number of hydrogen-bond acceptors (Lipinski definition) is 10. The molecule has 0 saturated carbocycles. The summed E-state index contributed by atoms with van der Waals surface area (Å²) in [5, 5.41) is 9.54.